The van der Waals surface area contributed by atoms with E-state index in [1.54, 1.807) is 17.5 Å². The first-order valence-corrected chi connectivity index (χ1v) is 7.43. The second-order valence-electron chi connectivity index (χ2n) is 3.67. The third kappa shape index (κ3) is 2.66. The monoisotopic (exact) mass is 311 g/mol. The Hall–Kier alpha value is -0.940. The lowest BCUT2D eigenvalue weighted by molar-refractivity contribution is 0.939. The van der Waals surface area contributed by atoms with Gasteiger partial charge in [-0.05, 0) is 17.6 Å². The third-order valence-electron chi connectivity index (χ3n) is 2.65. The number of thiazole rings is 1. The maximum Gasteiger partial charge on any atom is 0.162 e. The number of hydrogen-bond acceptors (Lipinski definition) is 4. The number of aromatic nitrogens is 1. The maximum atomic E-state index is 4.53. The van der Waals surface area contributed by atoms with E-state index in [0.717, 1.165) is 33.9 Å². The molecule has 0 aromatic carbocycles. The molecule has 0 unspecified atom stereocenters. The van der Waals surface area contributed by atoms with Gasteiger partial charge in [0.25, 0.3) is 0 Å². The molecule has 3 nitrogen and oxygen atoms in total. The van der Waals surface area contributed by atoms with Crippen molar-refractivity contribution in [2.45, 2.75) is 13.3 Å². The van der Waals surface area contributed by atoms with Crippen LogP contribution in [0.1, 0.15) is 18.4 Å². The van der Waals surface area contributed by atoms with Gasteiger partial charge in [-0.3, -0.25) is 4.99 Å². The molecule has 0 radical (unpaired) electrons. The highest BCUT2D eigenvalue weighted by atomic mass is 79.9. The standard InChI is InChI=1S/C12H14BrN3S/c1-3-8(2)9-7-15-11(16-10(9)6-13)12-14-4-5-17-12/h4-5H,2-3,6-7H2,1H3,(H,15,16). The van der Waals surface area contributed by atoms with Crippen LogP contribution in [0.3, 0.4) is 0 Å². The first kappa shape index (κ1) is 12.5. The zero-order chi connectivity index (χ0) is 12.3. The number of allylic oxidation sites excluding steroid dienone is 1. The van der Waals surface area contributed by atoms with Crippen LogP contribution in [0.4, 0.5) is 0 Å². The molecule has 17 heavy (non-hydrogen) atoms. The summed E-state index contributed by atoms with van der Waals surface area (Å²) in [5.74, 6) is 0.863. The molecular formula is C12H14BrN3S. The van der Waals surface area contributed by atoms with Gasteiger partial charge in [0.1, 0.15) is 0 Å². The molecule has 0 aliphatic carbocycles. The smallest absolute Gasteiger partial charge is 0.162 e. The van der Waals surface area contributed by atoms with Gasteiger partial charge in [0.05, 0.1) is 6.54 Å². The second kappa shape index (κ2) is 5.60. The Morgan fingerprint density at radius 2 is 2.47 bits per heavy atom. The van der Waals surface area contributed by atoms with E-state index < -0.39 is 0 Å². The van der Waals surface area contributed by atoms with E-state index in [9.17, 15) is 0 Å². The van der Waals surface area contributed by atoms with Crippen molar-refractivity contribution in [1.29, 1.82) is 0 Å². The van der Waals surface area contributed by atoms with Crippen molar-refractivity contribution in [1.82, 2.24) is 10.3 Å². The molecule has 1 aliphatic rings. The van der Waals surface area contributed by atoms with Gasteiger partial charge in [-0.1, -0.05) is 29.4 Å². The lowest BCUT2D eigenvalue weighted by atomic mass is 10.0. The van der Waals surface area contributed by atoms with Crippen molar-refractivity contribution in [3.63, 3.8) is 0 Å². The van der Waals surface area contributed by atoms with Crippen LogP contribution in [-0.2, 0) is 0 Å². The number of aliphatic imine (C=N–C) groups is 1. The summed E-state index contributed by atoms with van der Waals surface area (Å²) in [6.45, 7) is 6.88. The van der Waals surface area contributed by atoms with Crippen molar-refractivity contribution >= 4 is 33.1 Å². The van der Waals surface area contributed by atoms with Crippen molar-refractivity contribution in [3.8, 4) is 0 Å². The fraction of sp³-hybridized carbons (Fsp3) is 0.333. The summed E-state index contributed by atoms with van der Waals surface area (Å²) in [6, 6.07) is 0. The van der Waals surface area contributed by atoms with Crippen LogP contribution < -0.4 is 5.32 Å². The molecule has 0 atom stereocenters. The van der Waals surface area contributed by atoms with Crippen molar-refractivity contribution < 1.29 is 0 Å². The van der Waals surface area contributed by atoms with Crippen LogP contribution in [0.15, 0.2) is 40.0 Å². The van der Waals surface area contributed by atoms with E-state index in [1.807, 2.05) is 5.38 Å². The molecule has 2 heterocycles. The SMILES string of the molecule is C=C(CC)C1=C(CBr)NC(c2nccs2)=NC1. The van der Waals surface area contributed by atoms with Crippen molar-refractivity contribution in [2.75, 3.05) is 11.9 Å². The van der Waals surface area contributed by atoms with Gasteiger partial charge in [-0.15, -0.1) is 11.3 Å². The van der Waals surface area contributed by atoms with Gasteiger partial charge >= 0.3 is 0 Å². The number of nitrogens with one attached hydrogen (secondary N) is 1. The molecule has 0 saturated carbocycles. The quantitative estimate of drug-likeness (QED) is 0.868. The Bertz CT molecular complexity index is 474. The molecule has 0 bridgehead atoms. The molecule has 0 spiro atoms. The minimum atomic E-state index is 0.690. The molecule has 0 fully saturated rings. The van der Waals surface area contributed by atoms with E-state index in [0.29, 0.717) is 6.54 Å². The highest BCUT2D eigenvalue weighted by molar-refractivity contribution is 9.09. The normalized spacial score (nSPS) is 15.5. The Morgan fingerprint density at radius 3 is 3.06 bits per heavy atom. The fourth-order valence-electron chi connectivity index (χ4n) is 1.63. The molecule has 0 saturated heterocycles. The third-order valence-corrected chi connectivity index (χ3v) is 3.99. The number of halogens is 1. The van der Waals surface area contributed by atoms with Crippen LogP contribution in [0.25, 0.3) is 0 Å². The van der Waals surface area contributed by atoms with E-state index in [4.69, 9.17) is 0 Å². The number of rotatable bonds is 4. The lowest BCUT2D eigenvalue weighted by Gasteiger charge is -2.21. The van der Waals surface area contributed by atoms with Crippen molar-refractivity contribution in [2.24, 2.45) is 4.99 Å². The number of alkyl halides is 1. The Labute approximate surface area is 114 Å². The van der Waals surface area contributed by atoms with Gasteiger partial charge in [0.2, 0.25) is 0 Å². The fourth-order valence-corrected chi connectivity index (χ4v) is 2.70. The molecule has 90 valence electrons. The summed E-state index contributed by atoms with van der Waals surface area (Å²) in [5.41, 5.74) is 3.51. The van der Waals surface area contributed by atoms with Crippen LogP contribution >= 0.6 is 27.3 Å². The van der Waals surface area contributed by atoms with Crippen LogP contribution in [-0.4, -0.2) is 22.7 Å². The first-order valence-electron chi connectivity index (χ1n) is 5.43. The summed E-state index contributed by atoms with van der Waals surface area (Å²) in [7, 11) is 0. The molecule has 0 amide bonds. The van der Waals surface area contributed by atoms with E-state index in [-0.39, 0.29) is 0 Å². The summed E-state index contributed by atoms with van der Waals surface area (Å²) >= 11 is 5.10. The molecule has 1 aromatic heterocycles. The highest BCUT2D eigenvalue weighted by Crippen LogP contribution is 2.21. The first-order chi connectivity index (χ1) is 8.26. The zero-order valence-electron chi connectivity index (χ0n) is 9.66. The van der Waals surface area contributed by atoms with E-state index in [1.165, 1.54) is 5.57 Å². The second-order valence-corrected chi connectivity index (χ2v) is 5.13. The minimum Gasteiger partial charge on any atom is -0.340 e. The molecule has 1 aliphatic heterocycles. The lowest BCUT2D eigenvalue weighted by Crippen LogP contribution is -2.30. The van der Waals surface area contributed by atoms with Gasteiger partial charge < -0.3 is 5.32 Å². The van der Waals surface area contributed by atoms with Gasteiger partial charge in [0, 0.05) is 22.6 Å². The summed E-state index contributed by atoms with van der Waals surface area (Å²) in [6.07, 6.45) is 2.75. The topological polar surface area (TPSA) is 37.3 Å². The van der Waals surface area contributed by atoms with E-state index in [2.05, 4.69) is 44.7 Å². The minimum absolute atomic E-state index is 0.690. The Balaban J connectivity index is 2.22. The van der Waals surface area contributed by atoms with E-state index >= 15 is 0 Å². The van der Waals surface area contributed by atoms with Crippen LogP contribution in [0.5, 0.6) is 0 Å². The molecule has 1 N–H and O–H groups in total. The predicted octanol–water partition coefficient (Wildman–Crippen LogP) is 3.11. The average molecular weight is 312 g/mol. The molecule has 5 heteroatoms. The molecule has 2 rings (SSSR count). The zero-order valence-corrected chi connectivity index (χ0v) is 12.1. The van der Waals surface area contributed by atoms with Crippen LogP contribution in [0.2, 0.25) is 0 Å². The Kier molecular flexibility index (Phi) is 4.12. The van der Waals surface area contributed by atoms with Gasteiger partial charge in [-0.25, -0.2) is 4.98 Å². The summed E-state index contributed by atoms with van der Waals surface area (Å²) < 4.78 is 0. The Morgan fingerprint density at radius 1 is 1.65 bits per heavy atom. The number of hydrogen-bond donors (Lipinski definition) is 1. The highest BCUT2D eigenvalue weighted by Gasteiger charge is 2.17. The average Bonchev–Trinajstić information content (AvgIpc) is 2.91. The maximum absolute atomic E-state index is 4.53. The number of nitrogens with zero attached hydrogens (tertiary/aromatic N) is 2. The van der Waals surface area contributed by atoms with Gasteiger partial charge in [0.15, 0.2) is 10.8 Å². The predicted molar refractivity (Wildman–Crippen MR) is 76.9 cm³/mol. The summed E-state index contributed by atoms with van der Waals surface area (Å²) in [5, 5.41) is 7.01. The summed E-state index contributed by atoms with van der Waals surface area (Å²) in [4.78, 5) is 8.80. The largest absolute Gasteiger partial charge is 0.340 e. The van der Waals surface area contributed by atoms with Gasteiger partial charge in [-0.2, -0.15) is 0 Å². The molecular weight excluding hydrogens is 298 g/mol. The van der Waals surface area contributed by atoms with Crippen molar-refractivity contribution in [3.05, 3.63) is 40.0 Å². The van der Waals surface area contributed by atoms with Crippen LogP contribution in [0, 0.1) is 0 Å². The molecule has 1 aromatic rings. The number of amidine groups is 1.